The standard InChI is InChI=1S/C30H29F2N5O/c1-20-5-4-6-22(13-20)29-28(38-12-11-36(2)3)14-21(18-34-29)7-8-26-30-35-19-27(37(30)10-9-33-26)23-15-24(31)17-25(32)16-23/h4-6,9-10,13-19H,7-8,11-12H2,1-3H3. The molecule has 8 heteroatoms. The van der Waals surface area contributed by atoms with Crippen molar-refractivity contribution < 1.29 is 13.5 Å². The fraction of sp³-hybridized carbons (Fsp3) is 0.233. The number of aryl methyl sites for hydroxylation is 3. The molecule has 0 bridgehead atoms. The molecule has 3 heterocycles. The molecule has 0 unspecified atom stereocenters. The van der Waals surface area contributed by atoms with Gasteiger partial charge in [0, 0.05) is 42.3 Å². The lowest BCUT2D eigenvalue weighted by atomic mass is 10.0. The van der Waals surface area contributed by atoms with Crippen molar-refractivity contribution in [1.29, 1.82) is 0 Å². The third kappa shape index (κ3) is 5.70. The second-order valence-corrected chi connectivity index (χ2v) is 9.58. The predicted octanol–water partition coefficient (Wildman–Crippen LogP) is 5.77. The van der Waals surface area contributed by atoms with Gasteiger partial charge in [0.25, 0.3) is 0 Å². The first-order valence-electron chi connectivity index (χ1n) is 12.5. The van der Waals surface area contributed by atoms with Crippen LogP contribution in [0.3, 0.4) is 0 Å². The Bertz CT molecular complexity index is 1560. The number of hydrogen-bond acceptors (Lipinski definition) is 5. The van der Waals surface area contributed by atoms with Gasteiger partial charge in [-0.1, -0.05) is 23.8 Å². The van der Waals surface area contributed by atoms with Crippen LogP contribution in [0.1, 0.15) is 16.8 Å². The molecule has 0 fully saturated rings. The molecule has 0 saturated heterocycles. The van der Waals surface area contributed by atoms with Gasteiger partial charge in [-0.05, 0) is 63.7 Å². The van der Waals surface area contributed by atoms with Crippen molar-refractivity contribution in [3.8, 4) is 28.3 Å². The molecular formula is C30H29F2N5O. The van der Waals surface area contributed by atoms with Crippen LogP contribution in [-0.2, 0) is 12.8 Å². The Balaban J connectivity index is 1.41. The minimum absolute atomic E-state index is 0.419. The van der Waals surface area contributed by atoms with E-state index in [1.54, 1.807) is 18.6 Å². The summed E-state index contributed by atoms with van der Waals surface area (Å²) in [5, 5.41) is 0. The number of rotatable bonds is 9. The van der Waals surface area contributed by atoms with Crippen molar-refractivity contribution in [1.82, 2.24) is 24.3 Å². The number of ether oxygens (including phenoxy) is 1. The van der Waals surface area contributed by atoms with E-state index >= 15 is 0 Å². The highest BCUT2D eigenvalue weighted by Gasteiger charge is 2.14. The summed E-state index contributed by atoms with van der Waals surface area (Å²) in [5.41, 5.74) is 6.46. The van der Waals surface area contributed by atoms with Crippen LogP contribution in [0.2, 0.25) is 0 Å². The number of pyridine rings is 1. The monoisotopic (exact) mass is 513 g/mol. The largest absolute Gasteiger partial charge is 0.490 e. The average Bonchev–Trinajstić information content (AvgIpc) is 3.32. The van der Waals surface area contributed by atoms with Crippen LogP contribution in [0.4, 0.5) is 8.78 Å². The van der Waals surface area contributed by atoms with Gasteiger partial charge in [0.05, 0.1) is 17.6 Å². The highest BCUT2D eigenvalue weighted by atomic mass is 19.1. The van der Waals surface area contributed by atoms with Crippen LogP contribution in [0.25, 0.3) is 28.2 Å². The molecular weight excluding hydrogens is 484 g/mol. The fourth-order valence-electron chi connectivity index (χ4n) is 4.41. The van der Waals surface area contributed by atoms with Crippen LogP contribution in [0.15, 0.2) is 73.3 Å². The Morgan fingerprint density at radius 1 is 0.895 bits per heavy atom. The minimum atomic E-state index is -0.630. The average molecular weight is 514 g/mol. The summed E-state index contributed by atoms with van der Waals surface area (Å²) in [4.78, 5) is 15.9. The SMILES string of the molecule is Cc1cccc(-c2ncc(CCc3nccn4c(-c5cc(F)cc(F)c5)cnc34)cc2OCCN(C)C)c1. The maximum Gasteiger partial charge on any atom is 0.159 e. The summed E-state index contributed by atoms with van der Waals surface area (Å²) in [6.07, 6.45) is 8.21. The highest BCUT2D eigenvalue weighted by molar-refractivity contribution is 5.67. The molecule has 0 radical (unpaired) electrons. The first kappa shape index (κ1) is 25.5. The molecule has 0 atom stereocenters. The molecule has 194 valence electrons. The molecule has 0 N–H and O–H groups in total. The van der Waals surface area contributed by atoms with E-state index < -0.39 is 11.6 Å². The van der Waals surface area contributed by atoms with Gasteiger partial charge in [-0.3, -0.25) is 14.4 Å². The number of aromatic nitrogens is 4. The number of imidazole rings is 1. The zero-order chi connectivity index (χ0) is 26.6. The lowest BCUT2D eigenvalue weighted by Crippen LogP contribution is -2.19. The fourth-order valence-corrected chi connectivity index (χ4v) is 4.41. The summed E-state index contributed by atoms with van der Waals surface area (Å²) in [6.45, 7) is 3.40. The molecule has 6 nitrogen and oxygen atoms in total. The number of hydrogen-bond donors (Lipinski definition) is 0. The van der Waals surface area contributed by atoms with Crippen LogP contribution in [0.5, 0.6) is 5.75 Å². The van der Waals surface area contributed by atoms with Crippen molar-refractivity contribution in [3.05, 3.63) is 102 Å². The van der Waals surface area contributed by atoms with Gasteiger partial charge >= 0.3 is 0 Å². The molecule has 5 rings (SSSR count). The molecule has 0 aliphatic carbocycles. The van der Waals surface area contributed by atoms with Gasteiger partial charge < -0.3 is 9.64 Å². The van der Waals surface area contributed by atoms with Gasteiger partial charge in [0.15, 0.2) is 5.65 Å². The van der Waals surface area contributed by atoms with E-state index in [9.17, 15) is 8.78 Å². The molecule has 3 aromatic heterocycles. The number of benzene rings is 2. The van der Waals surface area contributed by atoms with E-state index in [0.717, 1.165) is 46.4 Å². The summed E-state index contributed by atoms with van der Waals surface area (Å²) in [5.74, 6) is -0.513. The van der Waals surface area contributed by atoms with Crippen molar-refractivity contribution in [2.45, 2.75) is 19.8 Å². The summed E-state index contributed by atoms with van der Waals surface area (Å²) in [6, 6.07) is 13.7. The van der Waals surface area contributed by atoms with Gasteiger partial charge in [0.2, 0.25) is 0 Å². The predicted molar refractivity (Wildman–Crippen MR) is 144 cm³/mol. The van der Waals surface area contributed by atoms with Crippen LogP contribution in [0, 0.1) is 18.6 Å². The molecule has 5 aromatic rings. The Hall–Kier alpha value is -4.17. The Morgan fingerprint density at radius 2 is 1.71 bits per heavy atom. The molecule has 38 heavy (non-hydrogen) atoms. The number of halogens is 2. The third-order valence-electron chi connectivity index (χ3n) is 6.31. The Morgan fingerprint density at radius 3 is 2.47 bits per heavy atom. The maximum absolute atomic E-state index is 13.8. The topological polar surface area (TPSA) is 55.6 Å². The molecule has 0 aliphatic rings. The van der Waals surface area contributed by atoms with E-state index in [-0.39, 0.29) is 0 Å². The zero-order valence-electron chi connectivity index (χ0n) is 21.7. The molecule has 0 saturated carbocycles. The van der Waals surface area contributed by atoms with E-state index in [1.165, 1.54) is 12.1 Å². The van der Waals surface area contributed by atoms with Crippen molar-refractivity contribution >= 4 is 5.65 Å². The van der Waals surface area contributed by atoms with E-state index in [0.29, 0.717) is 36.4 Å². The second-order valence-electron chi connectivity index (χ2n) is 9.58. The van der Waals surface area contributed by atoms with Crippen LogP contribution < -0.4 is 4.74 Å². The van der Waals surface area contributed by atoms with E-state index in [4.69, 9.17) is 9.72 Å². The van der Waals surface area contributed by atoms with Gasteiger partial charge in [0.1, 0.15) is 29.7 Å². The summed E-state index contributed by atoms with van der Waals surface area (Å²) < 4.78 is 35.6. The lowest BCUT2D eigenvalue weighted by molar-refractivity contribution is 0.261. The normalized spacial score (nSPS) is 11.4. The molecule has 0 amide bonds. The number of fused-ring (bicyclic) bond motifs is 1. The number of likely N-dealkylation sites (N-methyl/N-ethyl adjacent to an activating group) is 1. The van der Waals surface area contributed by atoms with Gasteiger partial charge in [-0.2, -0.15) is 0 Å². The van der Waals surface area contributed by atoms with Gasteiger partial charge in [-0.15, -0.1) is 0 Å². The van der Waals surface area contributed by atoms with E-state index in [1.807, 2.05) is 42.9 Å². The summed E-state index contributed by atoms with van der Waals surface area (Å²) >= 11 is 0. The van der Waals surface area contributed by atoms with Crippen LogP contribution >= 0.6 is 0 Å². The smallest absolute Gasteiger partial charge is 0.159 e. The molecule has 0 aliphatic heterocycles. The van der Waals surface area contributed by atoms with Gasteiger partial charge in [-0.25, -0.2) is 13.8 Å². The molecule has 2 aromatic carbocycles. The Kier molecular flexibility index (Phi) is 7.42. The lowest BCUT2D eigenvalue weighted by Gasteiger charge is -2.15. The quantitative estimate of drug-likeness (QED) is 0.250. The number of nitrogens with zero attached hydrogens (tertiary/aromatic N) is 5. The Labute approximate surface area is 220 Å². The zero-order valence-corrected chi connectivity index (χ0v) is 21.7. The van der Waals surface area contributed by atoms with Crippen molar-refractivity contribution in [2.24, 2.45) is 0 Å². The van der Waals surface area contributed by atoms with Crippen molar-refractivity contribution in [2.75, 3.05) is 27.2 Å². The first-order chi connectivity index (χ1) is 18.4. The van der Waals surface area contributed by atoms with E-state index in [2.05, 4.69) is 33.9 Å². The second kappa shape index (κ2) is 11.1. The summed E-state index contributed by atoms with van der Waals surface area (Å²) in [7, 11) is 4.03. The first-order valence-corrected chi connectivity index (χ1v) is 12.5. The third-order valence-corrected chi connectivity index (χ3v) is 6.31. The maximum atomic E-state index is 13.8. The van der Waals surface area contributed by atoms with Crippen molar-refractivity contribution in [3.63, 3.8) is 0 Å². The minimum Gasteiger partial charge on any atom is -0.490 e. The highest BCUT2D eigenvalue weighted by Crippen LogP contribution is 2.30. The van der Waals surface area contributed by atoms with Crippen LogP contribution in [-0.4, -0.2) is 51.5 Å². The molecule has 0 spiro atoms.